The van der Waals surface area contributed by atoms with Gasteiger partial charge in [0.2, 0.25) is 0 Å². The molecule has 1 amide bonds. The number of aromatic nitrogens is 3. The summed E-state index contributed by atoms with van der Waals surface area (Å²) in [7, 11) is 0. The van der Waals surface area contributed by atoms with Crippen LogP contribution in [0.5, 0.6) is 0 Å². The first-order valence-corrected chi connectivity index (χ1v) is 8.83. The summed E-state index contributed by atoms with van der Waals surface area (Å²) in [5, 5.41) is 0. The molecule has 0 radical (unpaired) electrons. The standard InChI is InChI=1S/C18H22N6O/c25-18(24-7-3-4-8-24)15-13-17(21-14-20-15)23-11-9-22(10-12-23)16-5-1-2-6-19-16/h1-2,5-6,13-14H,3-4,7-12H2. The molecule has 0 saturated carbocycles. The van der Waals surface area contributed by atoms with Crippen molar-refractivity contribution in [3.8, 4) is 0 Å². The Morgan fingerprint density at radius 2 is 1.56 bits per heavy atom. The minimum Gasteiger partial charge on any atom is -0.353 e. The van der Waals surface area contributed by atoms with Gasteiger partial charge in [0.1, 0.15) is 23.7 Å². The van der Waals surface area contributed by atoms with E-state index in [0.29, 0.717) is 5.69 Å². The number of pyridine rings is 1. The quantitative estimate of drug-likeness (QED) is 0.844. The molecule has 2 fully saturated rings. The van der Waals surface area contributed by atoms with Crippen molar-refractivity contribution in [3.05, 3.63) is 42.5 Å². The van der Waals surface area contributed by atoms with Gasteiger partial charge in [-0.1, -0.05) is 6.07 Å². The summed E-state index contributed by atoms with van der Waals surface area (Å²) in [6.45, 7) is 5.14. The van der Waals surface area contributed by atoms with E-state index in [1.54, 1.807) is 0 Å². The summed E-state index contributed by atoms with van der Waals surface area (Å²) in [6.07, 6.45) is 5.49. The topological polar surface area (TPSA) is 65.5 Å². The molecule has 2 saturated heterocycles. The van der Waals surface area contributed by atoms with Crippen molar-refractivity contribution < 1.29 is 4.79 Å². The molecule has 2 aromatic rings. The highest BCUT2D eigenvalue weighted by atomic mass is 16.2. The Balaban J connectivity index is 1.43. The maximum Gasteiger partial charge on any atom is 0.272 e. The molecule has 7 nitrogen and oxygen atoms in total. The minimum absolute atomic E-state index is 0.0215. The van der Waals surface area contributed by atoms with Gasteiger partial charge in [-0.05, 0) is 25.0 Å². The highest BCUT2D eigenvalue weighted by Gasteiger charge is 2.23. The zero-order valence-electron chi connectivity index (χ0n) is 14.2. The van der Waals surface area contributed by atoms with Gasteiger partial charge in [-0.2, -0.15) is 0 Å². The lowest BCUT2D eigenvalue weighted by Gasteiger charge is -2.36. The number of nitrogens with zero attached hydrogens (tertiary/aromatic N) is 6. The van der Waals surface area contributed by atoms with Gasteiger partial charge in [-0.3, -0.25) is 4.79 Å². The van der Waals surface area contributed by atoms with Crippen LogP contribution in [-0.4, -0.2) is 65.0 Å². The maximum absolute atomic E-state index is 12.5. The van der Waals surface area contributed by atoms with Crippen molar-refractivity contribution in [1.82, 2.24) is 19.9 Å². The SMILES string of the molecule is O=C(c1cc(N2CCN(c3ccccn3)CC2)ncn1)N1CCCC1. The normalized spacial score (nSPS) is 17.8. The van der Waals surface area contributed by atoms with Crippen molar-refractivity contribution in [2.24, 2.45) is 0 Å². The van der Waals surface area contributed by atoms with E-state index in [9.17, 15) is 4.79 Å². The first-order chi connectivity index (χ1) is 12.3. The lowest BCUT2D eigenvalue weighted by Crippen LogP contribution is -2.47. The molecule has 25 heavy (non-hydrogen) atoms. The minimum atomic E-state index is 0.0215. The molecule has 2 aliphatic heterocycles. The number of carbonyl (C=O) groups is 1. The predicted molar refractivity (Wildman–Crippen MR) is 95.8 cm³/mol. The predicted octanol–water partition coefficient (Wildman–Crippen LogP) is 1.43. The highest BCUT2D eigenvalue weighted by molar-refractivity contribution is 5.93. The van der Waals surface area contributed by atoms with Gasteiger partial charge < -0.3 is 14.7 Å². The Labute approximate surface area is 147 Å². The summed E-state index contributed by atoms with van der Waals surface area (Å²) in [5.74, 6) is 1.86. The Hall–Kier alpha value is -2.70. The van der Waals surface area contributed by atoms with E-state index in [-0.39, 0.29) is 5.91 Å². The molecule has 2 aliphatic rings. The lowest BCUT2D eigenvalue weighted by atomic mass is 10.2. The van der Waals surface area contributed by atoms with Gasteiger partial charge in [-0.25, -0.2) is 15.0 Å². The van der Waals surface area contributed by atoms with Gasteiger partial charge in [-0.15, -0.1) is 0 Å². The van der Waals surface area contributed by atoms with Crippen LogP contribution in [0.2, 0.25) is 0 Å². The van der Waals surface area contributed by atoms with Crippen molar-refractivity contribution >= 4 is 17.5 Å². The molecule has 130 valence electrons. The van der Waals surface area contributed by atoms with Crippen LogP contribution in [0.4, 0.5) is 11.6 Å². The van der Waals surface area contributed by atoms with Crippen LogP contribution in [0.3, 0.4) is 0 Å². The smallest absolute Gasteiger partial charge is 0.272 e. The van der Waals surface area contributed by atoms with Crippen LogP contribution in [0.1, 0.15) is 23.3 Å². The van der Waals surface area contributed by atoms with E-state index in [0.717, 1.165) is 63.7 Å². The molecule has 7 heteroatoms. The Bertz CT molecular complexity index is 723. The van der Waals surface area contributed by atoms with E-state index in [2.05, 4.69) is 24.8 Å². The number of amides is 1. The lowest BCUT2D eigenvalue weighted by molar-refractivity contribution is 0.0787. The molecular formula is C18H22N6O. The fourth-order valence-electron chi connectivity index (χ4n) is 3.42. The molecule has 4 rings (SSSR count). The Morgan fingerprint density at radius 3 is 2.24 bits per heavy atom. The fraction of sp³-hybridized carbons (Fsp3) is 0.444. The zero-order valence-corrected chi connectivity index (χ0v) is 14.2. The first kappa shape index (κ1) is 15.8. The third-order valence-corrected chi connectivity index (χ3v) is 4.84. The highest BCUT2D eigenvalue weighted by Crippen LogP contribution is 2.19. The number of anilines is 2. The second-order valence-electron chi connectivity index (χ2n) is 6.42. The molecular weight excluding hydrogens is 316 g/mol. The number of hydrogen-bond acceptors (Lipinski definition) is 6. The largest absolute Gasteiger partial charge is 0.353 e. The average Bonchev–Trinajstić information content (AvgIpc) is 3.23. The molecule has 0 unspecified atom stereocenters. The first-order valence-electron chi connectivity index (χ1n) is 8.83. The molecule has 4 heterocycles. The maximum atomic E-state index is 12.5. The fourth-order valence-corrected chi connectivity index (χ4v) is 3.42. The summed E-state index contributed by atoms with van der Waals surface area (Å²) in [6, 6.07) is 7.80. The molecule has 0 aromatic carbocycles. The van der Waals surface area contributed by atoms with E-state index in [1.165, 1.54) is 6.33 Å². The van der Waals surface area contributed by atoms with Crippen LogP contribution >= 0.6 is 0 Å². The zero-order chi connectivity index (χ0) is 17.1. The van der Waals surface area contributed by atoms with Gasteiger partial charge in [0.05, 0.1) is 0 Å². The van der Waals surface area contributed by atoms with Crippen LogP contribution in [0.15, 0.2) is 36.8 Å². The Morgan fingerprint density at radius 1 is 0.840 bits per heavy atom. The van der Waals surface area contributed by atoms with E-state index >= 15 is 0 Å². The van der Waals surface area contributed by atoms with Crippen LogP contribution in [0.25, 0.3) is 0 Å². The summed E-state index contributed by atoms with van der Waals surface area (Å²) < 4.78 is 0. The second-order valence-corrected chi connectivity index (χ2v) is 6.42. The van der Waals surface area contributed by atoms with Crippen LogP contribution in [0, 0.1) is 0 Å². The van der Waals surface area contributed by atoms with E-state index in [4.69, 9.17) is 0 Å². The van der Waals surface area contributed by atoms with Gasteiger partial charge in [0.15, 0.2) is 0 Å². The van der Waals surface area contributed by atoms with Gasteiger partial charge >= 0.3 is 0 Å². The average molecular weight is 338 g/mol. The third kappa shape index (κ3) is 3.40. The van der Waals surface area contributed by atoms with Crippen molar-refractivity contribution in [1.29, 1.82) is 0 Å². The van der Waals surface area contributed by atoms with Crippen LogP contribution in [-0.2, 0) is 0 Å². The van der Waals surface area contributed by atoms with E-state index in [1.807, 2.05) is 35.4 Å². The van der Waals surface area contributed by atoms with Crippen molar-refractivity contribution in [2.75, 3.05) is 49.1 Å². The molecule has 0 bridgehead atoms. The van der Waals surface area contributed by atoms with Crippen LogP contribution < -0.4 is 9.80 Å². The number of rotatable bonds is 3. The molecule has 0 aliphatic carbocycles. The monoisotopic (exact) mass is 338 g/mol. The molecule has 0 spiro atoms. The third-order valence-electron chi connectivity index (χ3n) is 4.84. The number of hydrogen-bond donors (Lipinski definition) is 0. The number of likely N-dealkylation sites (tertiary alicyclic amines) is 1. The van der Waals surface area contributed by atoms with E-state index < -0.39 is 0 Å². The summed E-state index contributed by atoms with van der Waals surface area (Å²) in [4.78, 5) is 31.9. The van der Waals surface area contributed by atoms with Crippen molar-refractivity contribution in [3.63, 3.8) is 0 Å². The number of carbonyl (C=O) groups excluding carboxylic acids is 1. The number of piperazine rings is 1. The molecule has 0 atom stereocenters. The summed E-state index contributed by atoms with van der Waals surface area (Å²) >= 11 is 0. The second kappa shape index (κ2) is 7.04. The summed E-state index contributed by atoms with van der Waals surface area (Å²) in [5.41, 5.74) is 0.499. The van der Waals surface area contributed by atoms with Gasteiger partial charge in [0, 0.05) is 51.5 Å². The van der Waals surface area contributed by atoms with Crippen molar-refractivity contribution in [2.45, 2.75) is 12.8 Å². The van der Waals surface area contributed by atoms with Gasteiger partial charge in [0.25, 0.3) is 5.91 Å². The Kier molecular flexibility index (Phi) is 4.45. The molecule has 2 aromatic heterocycles. The molecule has 0 N–H and O–H groups in total.